The first kappa shape index (κ1) is 19.1. The predicted octanol–water partition coefficient (Wildman–Crippen LogP) is 0.275. The van der Waals surface area contributed by atoms with E-state index in [1.165, 1.54) is 19.2 Å². The number of hydrogen-bond donors (Lipinski definition) is 2. The molecule has 0 radical (unpaired) electrons. The Labute approximate surface area is 135 Å². The van der Waals surface area contributed by atoms with Crippen molar-refractivity contribution in [2.75, 3.05) is 20.8 Å². The first-order valence-corrected chi connectivity index (χ1v) is 8.11. The van der Waals surface area contributed by atoms with Gasteiger partial charge in [-0.05, 0) is 32.0 Å². The van der Waals surface area contributed by atoms with Gasteiger partial charge in [0, 0.05) is 12.1 Å². The zero-order valence-corrected chi connectivity index (χ0v) is 14.2. The Morgan fingerprint density at radius 3 is 2.22 bits per heavy atom. The van der Waals surface area contributed by atoms with Gasteiger partial charge in [0.15, 0.2) is 0 Å². The number of benzene rings is 1. The Kier molecular flexibility index (Phi) is 5.86. The summed E-state index contributed by atoms with van der Waals surface area (Å²) >= 11 is 0. The first-order chi connectivity index (χ1) is 10.6. The maximum atomic E-state index is 12.6. The quantitative estimate of drug-likeness (QED) is 0.710. The van der Waals surface area contributed by atoms with E-state index in [0.717, 1.165) is 13.2 Å². The average molecular weight is 344 g/mol. The van der Waals surface area contributed by atoms with Gasteiger partial charge in [-0.1, -0.05) is 0 Å². The van der Waals surface area contributed by atoms with Crippen molar-refractivity contribution in [3.05, 3.63) is 29.3 Å². The van der Waals surface area contributed by atoms with E-state index in [2.05, 4.69) is 14.2 Å². The molecule has 0 aromatic heterocycles. The van der Waals surface area contributed by atoms with Gasteiger partial charge in [0.2, 0.25) is 10.0 Å². The summed E-state index contributed by atoms with van der Waals surface area (Å²) in [6, 6.07) is 3.54. The second-order valence-corrected chi connectivity index (χ2v) is 7.04. The van der Waals surface area contributed by atoms with Crippen LogP contribution >= 0.6 is 0 Å². The Hall–Kier alpha value is -1.97. The van der Waals surface area contributed by atoms with Gasteiger partial charge in [0.1, 0.15) is 0 Å². The fraction of sp³-hybridized carbons (Fsp3) is 0.429. The van der Waals surface area contributed by atoms with E-state index in [0.29, 0.717) is 0 Å². The molecule has 0 atom stereocenters. The van der Waals surface area contributed by atoms with Crippen molar-refractivity contribution in [1.82, 2.24) is 4.72 Å². The summed E-state index contributed by atoms with van der Waals surface area (Å²) in [5, 5.41) is 0. The van der Waals surface area contributed by atoms with E-state index in [1.54, 1.807) is 13.8 Å². The zero-order chi connectivity index (χ0) is 17.8. The number of carbonyl (C=O) groups excluding carboxylic acids is 2. The minimum absolute atomic E-state index is 0.00826. The van der Waals surface area contributed by atoms with Crippen LogP contribution in [0, 0.1) is 0 Å². The molecular weight excluding hydrogens is 324 g/mol. The molecule has 1 aromatic carbocycles. The summed E-state index contributed by atoms with van der Waals surface area (Å²) in [4.78, 5) is 23.0. The van der Waals surface area contributed by atoms with Crippen LogP contribution in [-0.2, 0) is 19.5 Å². The molecule has 0 amide bonds. The van der Waals surface area contributed by atoms with Crippen LogP contribution in [0.1, 0.15) is 34.6 Å². The molecule has 1 rings (SSSR count). The maximum Gasteiger partial charge on any atom is 0.339 e. The first-order valence-electron chi connectivity index (χ1n) is 6.62. The van der Waals surface area contributed by atoms with Crippen molar-refractivity contribution >= 4 is 22.0 Å². The standard InChI is InChI=1S/C14H20N2O6S/c1-14(2,8-15)16-23(19,20)11-7-9(12(17)21-3)5-6-10(11)13(18)22-4/h5-7,16H,8,15H2,1-4H3. The van der Waals surface area contributed by atoms with Crippen molar-refractivity contribution in [2.45, 2.75) is 24.3 Å². The summed E-state index contributed by atoms with van der Waals surface area (Å²) in [6.07, 6.45) is 0. The van der Waals surface area contributed by atoms with Gasteiger partial charge in [0.25, 0.3) is 0 Å². The molecule has 0 spiro atoms. The Balaban J connectivity index is 3.51. The number of esters is 2. The van der Waals surface area contributed by atoms with E-state index in [4.69, 9.17) is 5.73 Å². The average Bonchev–Trinajstić information content (AvgIpc) is 2.51. The van der Waals surface area contributed by atoms with E-state index in [1.807, 2.05) is 0 Å². The van der Waals surface area contributed by atoms with E-state index in [-0.39, 0.29) is 22.6 Å². The van der Waals surface area contributed by atoms with Crippen LogP contribution in [0.15, 0.2) is 23.1 Å². The summed E-state index contributed by atoms with van der Waals surface area (Å²) in [5.74, 6) is -1.57. The van der Waals surface area contributed by atoms with Crippen LogP contribution in [0.2, 0.25) is 0 Å². The Morgan fingerprint density at radius 1 is 1.17 bits per heavy atom. The molecule has 0 saturated carbocycles. The third-order valence-corrected chi connectivity index (χ3v) is 4.76. The number of carbonyl (C=O) groups is 2. The Bertz CT molecular complexity index is 712. The summed E-state index contributed by atoms with van der Waals surface area (Å²) < 4.78 is 36.7. The third-order valence-electron chi connectivity index (χ3n) is 3.02. The number of hydrogen-bond acceptors (Lipinski definition) is 7. The molecular formula is C14H20N2O6S. The number of sulfonamides is 1. The monoisotopic (exact) mass is 344 g/mol. The fourth-order valence-electron chi connectivity index (χ4n) is 1.73. The van der Waals surface area contributed by atoms with Gasteiger partial charge in [-0.2, -0.15) is 0 Å². The highest BCUT2D eigenvalue weighted by molar-refractivity contribution is 7.89. The molecule has 128 valence electrons. The zero-order valence-electron chi connectivity index (χ0n) is 13.4. The van der Waals surface area contributed by atoms with E-state index < -0.39 is 27.5 Å². The highest BCUT2D eigenvalue weighted by Gasteiger charge is 2.30. The number of nitrogens with two attached hydrogens (primary N) is 1. The number of ether oxygens (including phenoxy) is 2. The van der Waals surface area contributed by atoms with Gasteiger partial charge in [-0.3, -0.25) is 0 Å². The molecule has 8 nitrogen and oxygen atoms in total. The molecule has 0 aliphatic rings. The second kappa shape index (κ2) is 7.07. The lowest BCUT2D eigenvalue weighted by molar-refractivity contribution is 0.0583. The van der Waals surface area contributed by atoms with Crippen LogP contribution in [0.25, 0.3) is 0 Å². The maximum absolute atomic E-state index is 12.6. The normalized spacial score (nSPS) is 11.9. The van der Waals surface area contributed by atoms with Crippen molar-refractivity contribution < 1.29 is 27.5 Å². The number of methoxy groups -OCH3 is 2. The number of nitrogens with one attached hydrogen (secondary N) is 1. The van der Waals surface area contributed by atoms with Crippen LogP contribution in [0.5, 0.6) is 0 Å². The van der Waals surface area contributed by atoms with E-state index in [9.17, 15) is 18.0 Å². The molecule has 23 heavy (non-hydrogen) atoms. The lowest BCUT2D eigenvalue weighted by Gasteiger charge is -2.24. The number of rotatable bonds is 6. The molecule has 0 saturated heterocycles. The van der Waals surface area contributed by atoms with Crippen LogP contribution in [0.4, 0.5) is 0 Å². The molecule has 0 unspecified atom stereocenters. The van der Waals surface area contributed by atoms with Crippen molar-refractivity contribution in [1.29, 1.82) is 0 Å². The minimum atomic E-state index is -4.12. The molecule has 0 fully saturated rings. The van der Waals surface area contributed by atoms with Gasteiger partial charge >= 0.3 is 11.9 Å². The lowest BCUT2D eigenvalue weighted by atomic mass is 10.1. The van der Waals surface area contributed by atoms with Gasteiger partial charge in [0.05, 0.1) is 30.2 Å². The minimum Gasteiger partial charge on any atom is -0.465 e. The van der Waals surface area contributed by atoms with Crippen molar-refractivity contribution in [3.8, 4) is 0 Å². The van der Waals surface area contributed by atoms with Gasteiger partial charge < -0.3 is 15.2 Å². The third kappa shape index (κ3) is 4.50. The lowest BCUT2D eigenvalue weighted by Crippen LogP contribution is -2.49. The molecule has 0 bridgehead atoms. The van der Waals surface area contributed by atoms with Gasteiger partial charge in [-0.25, -0.2) is 22.7 Å². The second-order valence-electron chi connectivity index (χ2n) is 5.39. The highest BCUT2D eigenvalue weighted by atomic mass is 32.2. The Morgan fingerprint density at radius 2 is 1.74 bits per heavy atom. The smallest absolute Gasteiger partial charge is 0.339 e. The molecule has 1 aromatic rings. The summed E-state index contributed by atoms with van der Waals surface area (Å²) in [7, 11) is -1.82. The molecule has 0 aliphatic carbocycles. The predicted molar refractivity (Wildman–Crippen MR) is 82.6 cm³/mol. The van der Waals surface area contributed by atoms with Crippen molar-refractivity contribution in [2.24, 2.45) is 5.73 Å². The highest BCUT2D eigenvalue weighted by Crippen LogP contribution is 2.21. The van der Waals surface area contributed by atoms with Crippen LogP contribution in [0.3, 0.4) is 0 Å². The topological polar surface area (TPSA) is 125 Å². The SMILES string of the molecule is COC(=O)c1ccc(C(=O)OC)c(S(=O)(=O)NC(C)(C)CN)c1. The molecule has 0 aliphatic heterocycles. The van der Waals surface area contributed by atoms with E-state index >= 15 is 0 Å². The van der Waals surface area contributed by atoms with Crippen molar-refractivity contribution in [3.63, 3.8) is 0 Å². The van der Waals surface area contributed by atoms with Crippen LogP contribution < -0.4 is 10.5 Å². The summed E-state index contributed by atoms with van der Waals surface area (Å²) in [5.41, 5.74) is 4.38. The summed E-state index contributed by atoms with van der Waals surface area (Å²) in [6.45, 7) is 3.22. The largest absolute Gasteiger partial charge is 0.465 e. The molecule has 0 heterocycles. The fourth-order valence-corrected chi connectivity index (χ4v) is 3.37. The molecule has 9 heteroatoms. The van der Waals surface area contributed by atoms with Crippen LogP contribution in [-0.4, -0.2) is 46.7 Å². The molecule has 3 N–H and O–H groups in total. The van der Waals surface area contributed by atoms with Gasteiger partial charge in [-0.15, -0.1) is 0 Å².